The molecule has 0 aliphatic carbocycles. The zero-order valence-electron chi connectivity index (χ0n) is 12.1. The van der Waals surface area contributed by atoms with Crippen molar-refractivity contribution in [2.24, 2.45) is 0 Å². The van der Waals surface area contributed by atoms with E-state index in [1.165, 1.54) is 0 Å². The molecule has 0 amide bonds. The third kappa shape index (κ3) is 2.50. The van der Waals surface area contributed by atoms with Crippen LogP contribution in [0.1, 0.15) is 24.6 Å². The van der Waals surface area contributed by atoms with Gasteiger partial charge in [-0.1, -0.05) is 24.3 Å². The topological polar surface area (TPSA) is 47.3 Å². The van der Waals surface area contributed by atoms with E-state index in [1.807, 2.05) is 60.0 Å². The molecule has 21 heavy (non-hydrogen) atoms. The molecule has 0 aliphatic rings. The van der Waals surface area contributed by atoms with Gasteiger partial charge < -0.3 is 14.4 Å². The van der Waals surface area contributed by atoms with Crippen LogP contribution in [-0.4, -0.2) is 21.8 Å². The van der Waals surface area contributed by atoms with Crippen molar-refractivity contribution in [3.8, 4) is 5.75 Å². The fourth-order valence-corrected chi connectivity index (χ4v) is 2.53. The average Bonchev–Trinajstić information content (AvgIpc) is 2.97. The van der Waals surface area contributed by atoms with Gasteiger partial charge in [0.15, 0.2) is 0 Å². The number of fused-ring (bicyclic) bond motifs is 1. The summed E-state index contributed by atoms with van der Waals surface area (Å²) in [6.07, 6.45) is 1.18. The van der Waals surface area contributed by atoms with Gasteiger partial charge in [0, 0.05) is 0 Å². The van der Waals surface area contributed by atoms with Crippen molar-refractivity contribution in [2.45, 2.75) is 19.1 Å². The highest BCUT2D eigenvalue weighted by Gasteiger charge is 2.19. The van der Waals surface area contributed by atoms with Gasteiger partial charge in [-0.15, -0.1) is 0 Å². The van der Waals surface area contributed by atoms with E-state index in [1.54, 1.807) is 13.4 Å². The lowest BCUT2D eigenvalue weighted by Crippen LogP contribution is -2.14. The third-order valence-electron chi connectivity index (χ3n) is 3.83. The Kier molecular flexibility index (Phi) is 3.62. The van der Waals surface area contributed by atoms with E-state index < -0.39 is 6.10 Å². The van der Waals surface area contributed by atoms with Crippen molar-refractivity contribution in [2.75, 3.05) is 7.11 Å². The highest BCUT2D eigenvalue weighted by atomic mass is 16.5. The molecule has 2 atom stereocenters. The van der Waals surface area contributed by atoms with Gasteiger partial charge in [-0.25, -0.2) is 4.98 Å². The van der Waals surface area contributed by atoms with Gasteiger partial charge in [0.1, 0.15) is 5.75 Å². The lowest BCUT2D eigenvalue weighted by molar-refractivity contribution is 0.124. The average molecular weight is 282 g/mol. The molecule has 0 fully saturated rings. The summed E-state index contributed by atoms with van der Waals surface area (Å²) in [5, 5.41) is 10.6. The number of rotatable bonds is 4. The van der Waals surface area contributed by atoms with Crippen LogP contribution in [0.2, 0.25) is 0 Å². The summed E-state index contributed by atoms with van der Waals surface area (Å²) in [7, 11) is 1.63. The number of methoxy groups -OCH3 is 1. The molecule has 4 nitrogen and oxygen atoms in total. The smallest absolute Gasteiger partial charge is 0.118 e. The molecule has 1 N–H and O–H groups in total. The molecule has 108 valence electrons. The number of hydrogen-bond donors (Lipinski definition) is 1. The molecule has 3 rings (SSSR count). The summed E-state index contributed by atoms with van der Waals surface area (Å²) in [6, 6.07) is 15.3. The van der Waals surface area contributed by atoms with Crippen molar-refractivity contribution in [3.05, 3.63) is 60.4 Å². The van der Waals surface area contributed by atoms with Crippen LogP contribution in [0.4, 0.5) is 0 Å². The molecule has 1 heterocycles. The summed E-state index contributed by atoms with van der Waals surface area (Å²) in [4.78, 5) is 4.38. The van der Waals surface area contributed by atoms with Crippen LogP contribution in [0.15, 0.2) is 54.9 Å². The summed E-state index contributed by atoms with van der Waals surface area (Å²) in [5.74, 6) is 0.784. The van der Waals surface area contributed by atoms with Gasteiger partial charge in [0.05, 0.1) is 36.6 Å². The highest BCUT2D eigenvalue weighted by molar-refractivity contribution is 5.75. The standard InChI is InChI=1S/C17H18N2O2/c1-12(17(20)13-7-9-14(21-2)10-8-13)19-11-18-15-5-3-4-6-16(15)19/h3-12,17,20H,1-2H3. The Labute approximate surface area is 123 Å². The van der Waals surface area contributed by atoms with Crippen LogP contribution in [0.25, 0.3) is 11.0 Å². The number of imidazole rings is 1. The third-order valence-corrected chi connectivity index (χ3v) is 3.83. The van der Waals surface area contributed by atoms with Crippen LogP contribution in [-0.2, 0) is 0 Å². The quantitative estimate of drug-likeness (QED) is 0.798. The second kappa shape index (κ2) is 5.58. The van der Waals surface area contributed by atoms with Crippen LogP contribution in [0.5, 0.6) is 5.75 Å². The molecule has 0 spiro atoms. The summed E-state index contributed by atoms with van der Waals surface area (Å²) < 4.78 is 7.15. The van der Waals surface area contributed by atoms with Crippen molar-refractivity contribution in [1.82, 2.24) is 9.55 Å². The second-order valence-corrected chi connectivity index (χ2v) is 5.10. The van der Waals surface area contributed by atoms with Crippen molar-refractivity contribution in [3.63, 3.8) is 0 Å². The first-order chi connectivity index (χ1) is 10.2. The number of aromatic nitrogens is 2. The zero-order chi connectivity index (χ0) is 14.8. The summed E-state index contributed by atoms with van der Waals surface area (Å²) in [5.41, 5.74) is 2.82. The van der Waals surface area contributed by atoms with Gasteiger partial charge in [-0.2, -0.15) is 0 Å². The molecule has 3 aromatic rings. The Hall–Kier alpha value is -2.33. The highest BCUT2D eigenvalue weighted by Crippen LogP contribution is 2.29. The monoisotopic (exact) mass is 282 g/mol. The maximum Gasteiger partial charge on any atom is 0.118 e. The molecular weight excluding hydrogens is 264 g/mol. The number of para-hydroxylation sites is 2. The lowest BCUT2D eigenvalue weighted by Gasteiger charge is -2.21. The van der Waals surface area contributed by atoms with Crippen LogP contribution in [0, 0.1) is 0 Å². The number of hydrogen-bond acceptors (Lipinski definition) is 3. The van der Waals surface area contributed by atoms with Crippen molar-refractivity contribution >= 4 is 11.0 Å². The summed E-state index contributed by atoms with van der Waals surface area (Å²) in [6.45, 7) is 1.99. The van der Waals surface area contributed by atoms with Gasteiger partial charge in [-0.3, -0.25) is 0 Å². The Bertz CT molecular complexity index is 734. The molecular formula is C17H18N2O2. The van der Waals surface area contributed by atoms with E-state index in [9.17, 15) is 5.11 Å². The summed E-state index contributed by atoms with van der Waals surface area (Å²) >= 11 is 0. The molecule has 2 aromatic carbocycles. The molecule has 1 aromatic heterocycles. The molecule has 0 aliphatic heterocycles. The minimum absolute atomic E-state index is 0.106. The van der Waals surface area contributed by atoms with Crippen LogP contribution >= 0.6 is 0 Å². The van der Waals surface area contributed by atoms with Gasteiger partial charge in [0.25, 0.3) is 0 Å². The normalized spacial score (nSPS) is 14.0. The Morgan fingerprint density at radius 1 is 1.10 bits per heavy atom. The van der Waals surface area contributed by atoms with Crippen molar-refractivity contribution < 1.29 is 9.84 Å². The minimum Gasteiger partial charge on any atom is -0.497 e. The zero-order valence-corrected chi connectivity index (χ0v) is 12.1. The van der Waals surface area contributed by atoms with Crippen LogP contribution in [0.3, 0.4) is 0 Å². The van der Waals surface area contributed by atoms with E-state index in [0.717, 1.165) is 22.3 Å². The van der Waals surface area contributed by atoms with Crippen LogP contribution < -0.4 is 4.74 Å². The Balaban J connectivity index is 1.91. The Morgan fingerprint density at radius 2 is 1.81 bits per heavy atom. The maximum atomic E-state index is 10.6. The first-order valence-electron chi connectivity index (χ1n) is 6.94. The van der Waals surface area contributed by atoms with E-state index in [0.29, 0.717) is 0 Å². The van der Waals surface area contributed by atoms with Gasteiger partial charge in [-0.05, 0) is 36.8 Å². The number of aliphatic hydroxyl groups excluding tert-OH is 1. The van der Waals surface area contributed by atoms with E-state index >= 15 is 0 Å². The second-order valence-electron chi connectivity index (χ2n) is 5.10. The lowest BCUT2D eigenvalue weighted by atomic mass is 10.0. The van der Waals surface area contributed by atoms with E-state index in [-0.39, 0.29) is 6.04 Å². The number of nitrogens with zero attached hydrogens (tertiary/aromatic N) is 2. The molecule has 0 bridgehead atoms. The molecule has 0 saturated heterocycles. The predicted octanol–water partition coefficient (Wildman–Crippen LogP) is 3.34. The molecule has 2 unspecified atom stereocenters. The fourth-order valence-electron chi connectivity index (χ4n) is 2.53. The van der Waals surface area contributed by atoms with Gasteiger partial charge in [0.2, 0.25) is 0 Å². The molecule has 0 saturated carbocycles. The molecule has 4 heteroatoms. The SMILES string of the molecule is COc1ccc(C(O)C(C)n2cnc3ccccc32)cc1. The first kappa shape index (κ1) is 13.6. The van der Waals surface area contributed by atoms with E-state index in [2.05, 4.69) is 4.98 Å². The van der Waals surface area contributed by atoms with Gasteiger partial charge >= 0.3 is 0 Å². The number of benzene rings is 2. The largest absolute Gasteiger partial charge is 0.497 e. The Morgan fingerprint density at radius 3 is 2.52 bits per heavy atom. The van der Waals surface area contributed by atoms with Crippen molar-refractivity contribution in [1.29, 1.82) is 0 Å². The van der Waals surface area contributed by atoms with E-state index in [4.69, 9.17) is 4.74 Å². The maximum absolute atomic E-state index is 10.6. The molecule has 0 radical (unpaired) electrons. The first-order valence-corrected chi connectivity index (χ1v) is 6.94. The predicted molar refractivity (Wildman–Crippen MR) is 82.4 cm³/mol. The minimum atomic E-state index is -0.603. The number of aliphatic hydroxyl groups is 1. The number of ether oxygens (including phenoxy) is 1. The fraction of sp³-hybridized carbons (Fsp3) is 0.235.